The molecule has 9 heteroatoms. The van der Waals surface area contributed by atoms with Crippen LogP contribution in [0.3, 0.4) is 0 Å². The van der Waals surface area contributed by atoms with Crippen LogP contribution in [0.4, 0.5) is 0 Å². The van der Waals surface area contributed by atoms with Crippen molar-refractivity contribution in [3.05, 3.63) is 70.8 Å². The quantitative estimate of drug-likeness (QED) is 0.497. The maximum Gasteiger partial charge on any atom is 0.276 e. The first-order valence-corrected chi connectivity index (χ1v) is 11.3. The van der Waals surface area contributed by atoms with Gasteiger partial charge in [0, 0.05) is 11.8 Å². The maximum atomic E-state index is 13.1. The summed E-state index contributed by atoms with van der Waals surface area (Å²) in [5.74, 6) is -1.00. The molecule has 3 saturated heterocycles. The molecule has 3 aliphatic carbocycles. The third-order valence-corrected chi connectivity index (χ3v) is 8.65. The first-order chi connectivity index (χ1) is 16.1. The standard InChI is InChI=1S/C24H16N4O5/c29-21-9-5-1-2-6-10(9)22(30)27(21)25-15-13-17-18(14(16(15)25)20-19(13)33-20)26(17)28-23(31)11-7-3-4-8-12(11)24(28)32/h1-8,13-20H/t13?,14?,15-,16+,17-,18+,19-,20+,25?,26?. The fourth-order valence-corrected chi connectivity index (χ4v) is 7.37. The summed E-state index contributed by atoms with van der Waals surface area (Å²) in [5, 5.41) is 6.54. The summed E-state index contributed by atoms with van der Waals surface area (Å²) in [6.45, 7) is 0. The van der Waals surface area contributed by atoms with E-state index in [1.807, 2.05) is 10.0 Å². The lowest BCUT2D eigenvalue weighted by molar-refractivity contribution is 0.0211. The highest BCUT2D eigenvalue weighted by molar-refractivity contribution is 6.22. The van der Waals surface area contributed by atoms with Crippen molar-refractivity contribution in [2.24, 2.45) is 11.8 Å². The Morgan fingerprint density at radius 2 is 0.818 bits per heavy atom. The molecule has 33 heavy (non-hydrogen) atoms. The normalized spacial score (nSPS) is 44.4. The molecular formula is C24H16N4O5. The van der Waals surface area contributed by atoms with Crippen LogP contribution < -0.4 is 0 Å². The van der Waals surface area contributed by atoms with E-state index in [4.69, 9.17) is 4.74 Å². The number of benzene rings is 2. The van der Waals surface area contributed by atoms with E-state index in [1.165, 1.54) is 10.0 Å². The molecule has 2 aromatic rings. The smallest absolute Gasteiger partial charge is 0.276 e. The topological polar surface area (TPSA) is 93.3 Å². The molecule has 5 heterocycles. The van der Waals surface area contributed by atoms with E-state index in [9.17, 15) is 19.2 Å². The molecule has 6 fully saturated rings. The molecule has 2 aromatic carbocycles. The van der Waals surface area contributed by atoms with Gasteiger partial charge in [-0.2, -0.15) is 0 Å². The molecule has 8 aliphatic rings. The Labute approximate surface area is 187 Å². The highest BCUT2D eigenvalue weighted by Gasteiger charge is 2.87. The van der Waals surface area contributed by atoms with Gasteiger partial charge in [-0.15, -0.1) is 0 Å². The number of ether oxygens (including phenoxy) is 1. The number of imide groups is 2. The second-order valence-electron chi connectivity index (χ2n) is 9.88. The Bertz CT molecular complexity index is 1200. The summed E-state index contributed by atoms with van der Waals surface area (Å²) in [6.07, 6.45) is 0.107. The first-order valence-electron chi connectivity index (χ1n) is 11.3. The lowest BCUT2D eigenvalue weighted by Crippen LogP contribution is -2.44. The van der Waals surface area contributed by atoms with Gasteiger partial charge in [0.25, 0.3) is 23.6 Å². The lowest BCUT2D eigenvalue weighted by atomic mass is 9.71. The minimum atomic E-state index is -0.273. The molecule has 9 nitrogen and oxygen atoms in total. The number of hydrogen-bond acceptors (Lipinski definition) is 7. The second kappa shape index (κ2) is 5.06. The number of fused-ring (bicyclic) bond motifs is 2. The average molecular weight is 440 g/mol. The molecule has 0 radical (unpaired) electrons. The van der Waals surface area contributed by atoms with Gasteiger partial charge in [-0.05, 0) is 24.3 Å². The van der Waals surface area contributed by atoms with Crippen molar-refractivity contribution in [1.82, 2.24) is 20.0 Å². The van der Waals surface area contributed by atoms with Crippen LogP contribution in [0.5, 0.6) is 0 Å². The summed E-state index contributed by atoms with van der Waals surface area (Å²) >= 11 is 0. The van der Waals surface area contributed by atoms with Crippen molar-refractivity contribution >= 4 is 23.6 Å². The second-order valence-corrected chi connectivity index (χ2v) is 9.88. The number of hydrazine groups is 2. The fourth-order valence-electron chi connectivity index (χ4n) is 7.37. The number of nitrogens with zero attached hydrogens (tertiary/aromatic N) is 4. The summed E-state index contributed by atoms with van der Waals surface area (Å²) in [7, 11) is 0. The molecule has 2 unspecified atom stereocenters. The number of epoxide rings is 1. The van der Waals surface area contributed by atoms with Crippen molar-refractivity contribution in [1.29, 1.82) is 0 Å². The lowest BCUT2D eigenvalue weighted by Gasteiger charge is -2.25. The van der Waals surface area contributed by atoms with Crippen LogP contribution >= 0.6 is 0 Å². The number of carbonyl (C=O) groups excluding carboxylic acids is 4. The van der Waals surface area contributed by atoms with Crippen LogP contribution in [0, 0.1) is 11.8 Å². The van der Waals surface area contributed by atoms with E-state index in [0.29, 0.717) is 22.3 Å². The van der Waals surface area contributed by atoms with Gasteiger partial charge in [0.05, 0.1) is 58.6 Å². The third kappa shape index (κ3) is 1.72. The predicted molar refractivity (Wildman–Crippen MR) is 108 cm³/mol. The molecule has 10 rings (SSSR count). The number of amides is 4. The minimum Gasteiger partial charge on any atom is -0.369 e. The SMILES string of the molecule is O=C1c2ccccc2C(=O)N1N1[C@@H]2C3[C@H]4O[C@H]4C([C@@H]21)[C@H]1[C@@H]3N1N1C(=O)c2ccccc2C1=O. The van der Waals surface area contributed by atoms with E-state index >= 15 is 0 Å². The molecule has 162 valence electrons. The molecular weight excluding hydrogens is 424 g/mol. The molecule has 2 bridgehead atoms. The zero-order valence-corrected chi connectivity index (χ0v) is 17.1. The van der Waals surface area contributed by atoms with Crippen LogP contribution in [-0.4, -0.2) is 80.0 Å². The van der Waals surface area contributed by atoms with Gasteiger partial charge in [0.1, 0.15) is 0 Å². The van der Waals surface area contributed by atoms with Crippen molar-refractivity contribution in [2.75, 3.05) is 0 Å². The Morgan fingerprint density at radius 3 is 1.12 bits per heavy atom. The van der Waals surface area contributed by atoms with E-state index in [1.54, 1.807) is 48.5 Å². The van der Waals surface area contributed by atoms with Gasteiger partial charge in [0.2, 0.25) is 0 Å². The van der Waals surface area contributed by atoms with Crippen LogP contribution in [0.1, 0.15) is 41.4 Å². The molecule has 8 atom stereocenters. The number of hydrogen-bond donors (Lipinski definition) is 0. The van der Waals surface area contributed by atoms with Crippen LogP contribution in [0.15, 0.2) is 48.5 Å². The monoisotopic (exact) mass is 440 g/mol. The zero-order valence-electron chi connectivity index (χ0n) is 17.1. The summed E-state index contributed by atoms with van der Waals surface area (Å²) in [6, 6.07) is 13.9. The zero-order chi connectivity index (χ0) is 21.9. The highest BCUT2D eigenvalue weighted by Crippen LogP contribution is 2.70. The Kier molecular flexibility index (Phi) is 2.63. The van der Waals surface area contributed by atoms with E-state index in [2.05, 4.69) is 0 Å². The van der Waals surface area contributed by atoms with E-state index in [0.717, 1.165) is 0 Å². The highest BCUT2D eigenvalue weighted by atomic mass is 16.6. The molecule has 3 saturated carbocycles. The molecule has 0 aromatic heterocycles. The van der Waals surface area contributed by atoms with Crippen LogP contribution in [0.25, 0.3) is 0 Å². The van der Waals surface area contributed by atoms with Crippen molar-refractivity contribution in [3.63, 3.8) is 0 Å². The van der Waals surface area contributed by atoms with Gasteiger partial charge in [-0.1, -0.05) is 24.3 Å². The molecule has 0 spiro atoms. The summed E-state index contributed by atoms with van der Waals surface area (Å²) in [5.41, 5.74) is 1.77. The Morgan fingerprint density at radius 1 is 0.515 bits per heavy atom. The van der Waals surface area contributed by atoms with E-state index < -0.39 is 0 Å². The molecule has 4 amide bonds. The van der Waals surface area contributed by atoms with E-state index in [-0.39, 0.29) is 71.8 Å². The molecule has 5 aliphatic heterocycles. The van der Waals surface area contributed by atoms with Gasteiger partial charge < -0.3 is 4.74 Å². The Hall–Kier alpha value is -3.40. The number of rotatable bonds is 2. The van der Waals surface area contributed by atoms with Gasteiger partial charge in [-0.25, -0.2) is 20.0 Å². The van der Waals surface area contributed by atoms with Crippen molar-refractivity contribution in [3.8, 4) is 0 Å². The van der Waals surface area contributed by atoms with Crippen molar-refractivity contribution < 1.29 is 23.9 Å². The Balaban J connectivity index is 1.06. The third-order valence-electron chi connectivity index (χ3n) is 8.65. The maximum absolute atomic E-state index is 13.1. The van der Waals surface area contributed by atoms with Gasteiger partial charge in [-0.3, -0.25) is 19.2 Å². The van der Waals surface area contributed by atoms with Crippen LogP contribution in [0.2, 0.25) is 0 Å². The summed E-state index contributed by atoms with van der Waals surface area (Å²) in [4.78, 5) is 52.2. The summed E-state index contributed by atoms with van der Waals surface area (Å²) < 4.78 is 5.99. The first kappa shape index (κ1) is 17.1. The van der Waals surface area contributed by atoms with Crippen molar-refractivity contribution in [2.45, 2.75) is 36.4 Å². The number of carbonyl (C=O) groups is 4. The average Bonchev–Trinajstić information content (AvgIpc) is 3.75. The minimum absolute atomic E-state index is 0.00222. The fraction of sp³-hybridized carbons (Fsp3) is 0.333. The van der Waals surface area contributed by atoms with Crippen LogP contribution in [-0.2, 0) is 4.74 Å². The van der Waals surface area contributed by atoms with Gasteiger partial charge in [0.15, 0.2) is 0 Å². The predicted octanol–water partition coefficient (Wildman–Crippen LogP) is 0.541. The van der Waals surface area contributed by atoms with Gasteiger partial charge >= 0.3 is 0 Å². The molecule has 0 N–H and O–H groups in total. The largest absolute Gasteiger partial charge is 0.369 e.